The topological polar surface area (TPSA) is 20.2 Å². The molecule has 1 nitrogen and oxygen atoms in total. The van der Waals surface area contributed by atoms with Crippen molar-refractivity contribution in [2.45, 2.75) is 26.4 Å². The fourth-order valence-corrected chi connectivity index (χ4v) is 1.28. The average Bonchev–Trinajstić information content (AvgIpc) is 2.04. The molecule has 1 rings (SSSR count). The summed E-state index contributed by atoms with van der Waals surface area (Å²) in [4.78, 5) is 0. The van der Waals surface area contributed by atoms with Gasteiger partial charge in [0.2, 0.25) is 0 Å². The first-order valence-corrected chi connectivity index (χ1v) is 4.11. The number of rotatable bonds is 2. The Hall–Kier alpha value is -0.890. The summed E-state index contributed by atoms with van der Waals surface area (Å²) in [6.45, 7) is 3.63. The molecule has 1 atom stereocenters. The Morgan fingerprint density at radius 1 is 1.50 bits per heavy atom. The molecule has 0 aromatic heterocycles. The fraction of sp³-hybridized carbons (Fsp3) is 0.400. The molecular weight excluding hydrogens is 155 g/mol. The van der Waals surface area contributed by atoms with E-state index in [4.69, 9.17) is 0 Å². The predicted molar refractivity (Wildman–Crippen MR) is 46.4 cm³/mol. The van der Waals surface area contributed by atoms with E-state index in [9.17, 15) is 9.50 Å². The van der Waals surface area contributed by atoms with Crippen LogP contribution >= 0.6 is 0 Å². The quantitative estimate of drug-likeness (QED) is 0.719. The van der Waals surface area contributed by atoms with Gasteiger partial charge in [-0.25, -0.2) is 4.39 Å². The summed E-state index contributed by atoms with van der Waals surface area (Å²) in [5, 5.41) is 9.29. The highest BCUT2D eigenvalue weighted by Gasteiger charge is 2.06. The third-order valence-corrected chi connectivity index (χ3v) is 1.94. The Bertz CT molecular complexity index is 269. The minimum absolute atomic E-state index is 0.289. The largest absolute Gasteiger partial charge is 0.389 e. The highest BCUT2D eigenvalue weighted by atomic mass is 19.1. The summed E-state index contributed by atoms with van der Waals surface area (Å²) in [6.07, 6.45) is 0.233. The van der Waals surface area contributed by atoms with Crippen LogP contribution in [-0.2, 0) is 6.42 Å². The first-order valence-electron chi connectivity index (χ1n) is 4.11. The van der Waals surface area contributed by atoms with Crippen molar-refractivity contribution in [1.82, 2.24) is 0 Å². The SMILES string of the molecule is CCc1ccc(F)cc1C(C)O. The number of aryl methyl sites for hydroxylation is 1. The molecule has 0 heterocycles. The molecule has 1 aromatic rings. The van der Waals surface area contributed by atoms with Crippen molar-refractivity contribution in [1.29, 1.82) is 0 Å². The second-order valence-corrected chi connectivity index (χ2v) is 2.87. The smallest absolute Gasteiger partial charge is 0.123 e. The van der Waals surface area contributed by atoms with Crippen molar-refractivity contribution in [3.05, 3.63) is 35.1 Å². The normalized spacial score (nSPS) is 13.0. The molecule has 0 saturated carbocycles. The molecule has 66 valence electrons. The van der Waals surface area contributed by atoms with Crippen molar-refractivity contribution in [2.24, 2.45) is 0 Å². The highest BCUT2D eigenvalue weighted by molar-refractivity contribution is 5.29. The van der Waals surface area contributed by atoms with Crippen LogP contribution in [0.15, 0.2) is 18.2 Å². The van der Waals surface area contributed by atoms with Gasteiger partial charge in [-0.3, -0.25) is 0 Å². The van der Waals surface area contributed by atoms with Crippen LogP contribution in [-0.4, -0.2) is 5.11 Å². The molecule has 0 aliphatic carbocycles. The van der Waals surface area contributed by atoms with Crippen molar-refractivity contribution in [3.8, 4) is 0 Å². The molecule has 0 bridgehead atoms. The van der Waals surface area contributed by atoms with E-state index in [-0.39, 0.29) is 5.82 Å². The molecular formula is C10H13FO. The number of hydrogen-bond donors (Lipinski definition) is 1. The zero-order chi connectivity index (χ0) is 9.14. The summed E-state index contributed by atoms with van der Waals surface area (Å²) >= 11 is 0. The lowest BCUT2D eigenvalue weighted by atomic mass is 10.0. The minimum Gasteiger partial charge on any atom is -0.389 e. The van der Waals surface area contributed by atoms with Gasteiger partial charge in [0.1, 0.15) is 5.82 Å². The Kier molecular flexibility index (Phi) is 2.82. The van der Waals surface area contributed by atoms with Crippen LogP contribution in [0.2, 0.25) is 0 Å². The molecule has 0 aliphatic heterocycles. The lowest BCUT2D eigenvalue weighted by molar-refractivity contribution is 0.197. The zero-order valence-corrected chi connectivity index (χ0v) is 7.34. The molecule has 1 N–H and O–H groups in total. The lowest BCUT2D eigenvalue weighted by Crippen LogP contribution is -1.98. The van der Waals surface area contributed by atoms with Crippen molar-refractivity contribution >= 4 is 0 Å². The molecule has 0 amide bonds. The van der Waals surface area contributed by atoms with E-state index >= 15 is 0 Å². The number of benzene rings is 1. The van der Waals surface area contributed by atoms with Gasteiger partial charge in [-0.05, 0) is 36.6 Å². The number of hydrogen-bond acceptors (Lipinski definition) is 1. The molecule has 1 aromatic carbocycles. The van der Waals surface area contributed by atoms with E-state index in [2.05, 4.69) is 0 Å². The van der Waals surface area contributed by atoms with Crippen LogP contribution in [0.3, 0.4) is 0 Å². The van der Waals surface area contributed by atoms with E-state index in [0.29, 0.717) is 5.56 Å². The Morgan fingerprint density at radius 3 is 2.67 bits per heavy atom. The van der Waals surface area contributed by atoms with Crippen molar-refractivity contribution < 1.29 is 9.50 Å². The third kappa shape index (κ3) is 1.83. The molecule has 0 aliphatic rings. The first-order chi connectivity index (χ1) is 5.65. The van der Waals surface area contributed by atoms with Gasteiger partial charge >= 0.3 is 0 Å². The van der Waals surface area contributed by atoms with E-state index in [1.165, 1.54) is 12.1 Å². The third-order valence-electron chi connectivity index (χ3n) is 1.94. The second kappa shape index (κ2) is 3.68. The standard InChI is InChI=1S/C10H13FO/c1-3-8-4-5-9(11)6-10(8)7(2)12/h4-7,12H,3H2,1-2H3. The summed E-state index contributed by atoms with van der Waals surface area (Å²) < 4.78 is 12.7. The van der Waals surface area contributed by atoms with Crippen LogP contribution in [0.25, 0.3) is 0 Å². The molecule has 1 unspecified atom stereocenters. The summed E-state index contributed by atoms with van der Waals surface area (Å²) in [5.41, 5.74) is 1.70. The Balaban J connectivity index is 3.12. The van der Waals surface area contributed by atoms with E-state index in [0.717, 1.165) is 12.0 Å². The first kappa shape index (κ1) is 9.20. The Morgan fingerprint density at radius 2 is 2.17 bits per heavy atom. The predicted octanol–water partition coefficient (Wildman–Crippen LogP) is 2.44. The van der Waals surface area contributed by atoms with Crippen LogP contribution in [0.5, 0.6) is 0 Å². The number of halogens is 1. The fourth-order valence-electron chi connectivity index (χ4n) is 1.28. The van der Waals surface area contributed by atoms with Gasteiger partial charge in [0.25, 0.3) is 0 Å². The average molecular weight is 168 g/mol. The Labute approximate surface area is 71.9 Å². The second-order valence-electron chi connectivity index (χ2n) is 2.87. The summed E-state index contributed by atoms with van der Waals surface area (Å²) in [6, 6.07) is 4.53. The van der Waals surface area contributed by atoms with Gasteiger partial charge in [0, 0.05) is 0 Å². The van der Waals surface area contributed by atoms with Crippen molar-refractivity contribution in [2.75, 3.05) is 0 Å². The van der Waals surface area contributed by atoms with Crippen molar-refractivity contribution in [3.63, 3.8) is 0 Å². The van der Waals surface area contributed by atoms with Gasteiger partial charge in [-0.15, -0.1) is 0 Å². The molecule has 12 heavy (non-hydrogen) atoms. The van der Waals surface area contributed by atoms with Crippen LogP contribution in [0.4, 0.5) is 4.39 Å². The van der Waals surface area contributed by atoms with Gasteiger partial charge in [-0.1, -0.05) is 13.0 Å². The van der Waals surface area contributed by atoms with Gasteiger partial charge in [0.05, 0.1) is 6.10 Å². The molecule has 0 saturated heterocycles. The monoisotopic (exact) mass is 168 g/mol. The summed E-state index contributed by atoms with van der Waals surface area (Å²) in [5.74, 6) is -0.289. The summed E-state index contributed by atoms with van der Waals surface area (Å²) in [7, 11) is 0. The van der Waals surface area contributed by atoms with Gasteiger partial charge < -0.3 is 5.11 Å². The maximum atomic E-state index is 12.7. The van der Waals surface area contributed by atoms with E-state index in [1.54, 1.807) is 13.0 Å². The molecule has 2 heteroatoms. The number of aliphatic hydroxyl groups is 1. The lowest BCUT2D eigenvalue weighted by Gasteiger charge is -2.09. The van der Waals surface area contributed by atoms with Crippen LogP contribution in [0, 0.1) is 5.82 Å². The molecule has 0 spiro atoms. The molecule has 0 radical (unpaired) electrons. The highest BCUT2D eigenvalue weighted by Crippen LogP contribution is 2.19. The zero-order valence-electron chi connectivity index (χ0n) is 7.34. The maximum absolute atomic E-state index is 12.7. The van der Waals surface area contributed by atoms with Crippen LogP contribution < -0.4 is 0 Å². The van der Waals surface area contributed by atoms with Gasteiger partial charge in [0.15, 0.2) is 0 Å². The number of aliphatic hydroxyl groups excluding tert-OH is 1. The molecule has 0 fully saturated rings. The van der Waals surface area contributed by atoms with Gasteiger partial charge in [-0.2, -0.15) is 0 Å². The van der Waals surface area contributed by atoms with E-state index < -0.39 is 6.10 Å². The minimum atomic E-state index is -0.587. The van der Waals surface area contributed by atoms with Crippen LogP contribution in [0.1, 0.15) is 31.1 Å². The van der Waals surface area contributed by atoms with E-state index in [1.807, 2.05) is 6.92 Å². The maximum Gasteiger partial charge on any atom is 0.123 e.